The number of benzene rings is 1. The molecule has 1 fully saturated rings. The fourth-order valence-corrected chi connectivity index (χ4v) is 4.26. The lowest BCUT2D eigenvalue weighted by atomic mass is 9.97. The van der Waals surface area contributed by atoms with Gasteiger partial charge in [0.15, 0.2) is 0 Å². The molecule has 29 heavy (non-hydrogen) atoms. The minimum Gasteiger partial charge on any atom is -0.355 e. The highest BCUT2D eigenvalue weighted by atomic mass is 32.1. The van der Waals surface area contributed by atoms with Crippen molar-refractivity contribution in [1.82, 2.24) is 20.3 Å². The van der Waals surface area contributed by atoms with E-state index in [-0.39, 0.29) is 11.8 Å². The zero-order valence-corrected chi connectivity index (χ0v) is 17.4. The van der Waals surface area contributed by atoms with Crippen LogP contribution >= 0.6 is 11.3 Å². The minimum atomic E-state index is -0.0113. The molecule has 0 radical (unpaired) electrons. The fourth-order valence-electron chi connectivity index (χ4n) is 3.64. The Hall–Kier alpha value is -2.80. The number of hydrogen-bond acceptors (Lipinski definition) is 6. The van der Waals surface area contributed by atoms with Crippen LogP contribution in [0.3, 0.4) is 0 Å². The van der Waals surface area contributed by atoms with Gasteiger partial charge in [0.05, 0.1) is 16.6 Å². The quantitative estimate of drug-likeness (QED) is 0.677. The summed E-state index contributed by atoms with van der Waals surface area (Å²) in [5.41, 5.74) is 3.37. The molecule has 0 aliphatic carbocycles. The Balaban J connectivity index is 1.26. The summed E-state index contributed by atoms with van der Waals surface area (Å²) in [7, 11) is 0. The first-order valence-electron chi connectivity index (χ1n) is 10.00. The molecule has 6 nitrogen and oxygen atoms in total. The average molecular weight is 408 g/mol. The number of carbonyl (C=O) groups is 1. The maximum Gasteiger partial charge on any atom is 0.225 e. The Morgan fingerprint density at radius 2 is 2.03 bits per heavy atom. The molecule has 1 aliphatic rings. The van der Waals surface area contributed by atoms with Crippen LogP contribution in [0.1, 0.15) is 23.4 Å². The first kappa shape index (κ1) is 19.5. The molecule has 0 bridgehead atoms. The van der Waals surface area contributed by atoms with Crippen molar-refractivity contribution in [3.8, 4) is 11.3 Å². The van der Waals surface area contributed by atoms with Crippen molar-refractivity contribution in [3.63, 3.8) is 0 Å². The lowest BCUT2D eigenvalue weighted by Crippen LogP contribution is -2.44. The van der Waals surface area contributed by atoms with E-state index in [1.807, 2.05) is 13.0 Å². The highest BCUT2D eigenvalue weighted by molar-refractivity contribution is 7.09. The second-order valence-electron chi connectivity index (χ2n) is 7.32. The van der Waals surface area contributed by atoms with Gasteiger partial charge in [-0.2, -0.15) is 0 Å². The zero-order valence-electron chi connectivity index (χ0n) is 16.5. The van der Waals surface area contributed by atoms with E-state index < -0.39 is 0 Å². The van der Waals surface area contributed by atoms with Gasteiger partial charge in [0.2, 0.25) is 11.9 Å². The van der Waals surface area contributed by atoms with Gasteiger partial charge in [0, 0.05) is 43.0 Å². The molecule has 1 saturated heterocycles. The van der Waals surface area contributed by atoms with Crippen LogP contribution in [0.15, 0.2) is 48.1 Å². The van der Waals surface area contributed by atoms with Gasteiger partial charge in [0.25, 0.3) is 0 Å². The van der Waals surface area contributed by atoms with Crippen molar-refractivity contribution >= 4 is 23.2 Å². The summed E-state index contributed by atoms with van der Waals surface area (Å²) in [5.74, 6) is 0.823. The van der Waals surface area contributed by atoms with Gasteiger partial charge in [-0.3, -0.25) is 4.79 Å². The predicted molar refractivity (Wildman–Crippen MR) is 116 cm³/mol. The monoisotopic (exact) mass is 407 g/mol. The molecular weight excluding hydrogens is 382 g/mol. The third-order valence-corrected chi connectivity index (χ3v) is 5.98. The Kier molecular flexibility index (Phi) is 6.14. The highest BCUT2D eigenvalue weighted by Crippen LogP contribution is 2.22. The van der Waals surface area contributed by atoms with Crippen molar-refractivity contribution in [1.29, 1.82) is 0 Å². The number of nitrogens with zero attached hydrogens (tertiary/aromatic N) is 4. The topological polar surface area (TPSA) is 71.0 Å². The van der Waals surface area contributed by atoms with E-state index in [0.29, 0.717) is 19.0 Å². The van der Waals surface area contributed by atoms with Gasteiger partial charge < -0.3 is 10.2 Å². The normalized spacial score (nSPS) is 16.6. The fraction of sp³-hybridized carbons (Fsp3) is 0.364. The standard InChI is InChI=1S/C22H25N5OS/c1-16-26-20(15-29-16)18-7-5-17(6-8-18)9-12-23-21(28)19-4-2-13-27(14-19)22-24-10-3-11-25-22/h3,5-8,10-11,15,19H,2,4,9,12-14H2,1H3,(H,23,28)/t19-/m0/s1. The number of aryl methyl sites for hydroxylation is 1. The number of amides is 1. The van der Waals surface area contributed by atoms with E-state index in [0.717, 1.165) is 42.1 Å². The molecule has 1 atom stereocenters. The summed E-state index contributed by atoms with van der Waals surface area (Å²) in [6.45, 7) is 4.24. The van der Waals surface area contributed by atoms with E-state index in [2.05, 4.69) is 54.8 Å². The maximum absolute atomic E-state index is 12.6. The van der Waals surface area contributed by atoms with Gasteiger partial charge in [-0.25, -0.2) is 15.0 Å². The van der Waals surface area contributed by atoms with Crippen LogP contribution in [-0.2, 0) is 11.2 Å². The van der Waals surface area contributed by atoms with E-state index in [1.165, 1.54) is 5.56 Å². The zero-order chi connectivity index (χ0) is 20.1. The molecule has 1 amide bonds. The predicted octanol–water partition coefficient (Wildman–Crippen LogP) is 3.48. The Bertz CT molecular complexity index is 941. The summed E-state index contributed by atoms with van der Waals surface area (Å²) in [5, 5.41) is 6.26. The van der Waals surface area contributed by atoms with Gasteiger partial charge in [0.1, 0.15) is 0 Å². The van der Waals surface area contributed by atoms with E-state index >= 15 is 0 Å². The van der Waals surface area contributed by atoms with Crippen LogP contribution in [0, 0.1) is 12.8 Å². The Labute approximate surface area is 175 Å². The number of nitrogens with one attached hydrogen (secondary N) is 1. The summed E-state index contributed by atoms with van der Waals surface area (Å²) < 4.78 is 0. The number of piperidine rings is 1. The molecular formula is C22H25N5OS. The molecule has 0 unspecified atom stereocenters. The summed E-state index contributed by atoms with van der Waals surface area (Å²) >= 11 is 1.66. The van der Waals surface area contributed by atoms with Crippen LogP contribution in [0.4, 0.5) is 5.95 Å². The van der Waals surface area contributed by atoms with Crippen molar-refractivity contribution in [2.45, 2.75) is 26.2 Å². The van der Waals surface area contributed by atoms with Crippen molar-refractivity contribution in [2.75, 3.05) is 24.5 Å². The molecule has 1 N–H and O–H groups in total. The maximum atomic E-state index is 12.6. The van der Waals surface area contributed by atoms with Gasteiger partial charge in [-0.1, -0.05) is 24.3 Å². The summed E-state index contributed by atoms with van der Waals surface area (Å²) in [6, 6.07) is 10.2. The molecule has 1 aromatic carbocycles. The van der Waals surface area contributed by atoms with Crippen molar-refractivity contribution in [3.05, 3.63) is 58.7 Å². The van der Waals surface area contributed by atoms with Gasteiger partial charge in [-0.15, -0.1) is 11.3 Å². The molecule has 2 aromatic heterocycles. The molecule has 1 aliphatic heterocycles. The van der Waals surface area contributed by atoms with Gasteiger partial charge in [-0.05, 0) is 37.8 Å². The first-order valence-corrected chi connectivity index (χ1v) is 10.9. The second kappa shape index (κ2) is 9.13. The minimum absolute atomic E-state index is 0.0113. The molecule has 4 rings (SSSR count). The highest BCUT2D eigenvalue weighted by Gasteiger charge is 2.26. The lowest BCUT2D eigenvalue weighted by Gasteiger charge is -2.31. The molecule has 3 aromatic rings. The lowest BCUT2D eigenvalue weighted by molar-refractivity contribution is -0.125. The smallest absolute Gasteiger partial charge is 0.225 e. The molecule has 7 heteroatoms. The van der Waals surface area contributed by atoms with Crippen molar-refractivity contribution in [2.24, 2.45) is 5.92 Å². The number of hydrogen-bond donors (Lipinski definition) is 1. The number of anilines is 1. The van der Waals surface area contributed by atoms with E-state index in [4.69, 9.17) is 0 Å². The van der Waals surface area contributed by atoms with Crippen LogP contribution < -0.4 is 10.2 Å². The second-order valence-corrected chi connectivity index (χ2v) is 8.39. The third kappa shape index (κ3) is 4.98. The number of aromatic nitrogens is 3. The molecule has 3 heterocycles. The van der Waals surface area contributed by atoms with Crippen LogP contribution in [0.2, 0.25) is 0 Å². The van der Waals surface area contributed by atoms with Gasteiger partial charge >= 0.3 is 0 Å². The summed E-state index contributed by atoms with van der Waals surface area (Å²) in [6.07, 6.45) is 6.20. The SMILES string of the molecule is Cc1nc(-c2ccc(CCNC(=O)[C@H]3CCCN(c4ncccn4)C3)cc2)cs1. The third-order valence-electron chi connectivity index (χ3n) is 5.21. The summed E-state index contributed by atoms with van der Waals surface area (Å²) in [4.78, 5) is 27.9. The number of carbonyl (C=O) groups excluding carboxylic acids is 1. The molecule has 0 saturated carbocycles. The Morgan fingerprint density at radius 3 is 2.76 bits per heavy atom. The molecule has 0 spiro atoms. The number of thiazole rings is 1. The largest absolute Gasteiger partial charge is 0.355 e. The van der Waals surface area contributed by atoms with Crippen LogP contribution in [0.5, 0.6) is 0 Å². The van der Waals surface area contributed by atoms with Crippen LogP contribution in [-0.4, -0.2) is 40.5 Å². The average Bonchev–Trinajstić information content (AvgIpc) is 3.21. The Morgan fingerprint density at radius 1 is 1.24 bits per heavy atom. The van der Waals surface area contributed by atoms with E-state index in [9.17, 15) is 4.79 Å². The van der Waals surface area contributed by atoms with E-state index in [1.54, 1.807) is 23.7 Å². The number of rotatable bonds is 6. The first-order chi connectivity index (χ1) is 14.2. The molecule has 150 valence electrons. The van der Waals surface area contributed by atoms with Crippen molar-refractivity contribution < 1.29 is 4.79 Å². The van der Waals surface area contributed by atoms with Crippen LogP contribution in [0.25, 0.3) is 11.3 Å².